The molecule has 3 nitrogen and oxygen atoms in total. The van der Waals surface area contributed by atoms with Crippen LogP contribution in [-0.2, 0) is 9.84 Å². The van der Waals surface area contributed by atoms with Gasteiger partial charge in [-0.05, 0) is 13.0 Å². The summed E-state index contributed by atoms with van der Waals surface area (Å²) in [5.74, 6) is 0.185. The van der Waals surface area contributed by atoms with Gasteiger partial charge in [0.1, 0.15) is 0 Å². The lowest BCUT2D eigenvalue weighted by molar-refractivity contribution is 0.604. The lowest BCUT2D eigenvalue weighted by atomic mass is 10.2. The largest absolute Gasteiger partial charge is 0.313 e. The van der Waals surface area contributed by atoms with E-state index < -0.39 is 9.84 Å². The molecule has 1 rings (SSSR count). The van der Waals surface area contributed by atoms with Crippen LogP contribution in [0.5, 0.6) is 0 Å². The third-order valence-electron chi connectivity index (χ3n) is 1.65. The zero-order chi connectivity index (χ0) is 8.32. The summed E-state index contributed by atoms with van der Waals surface area (Å²) in [6, 6.07) is 0. The van der Waals surface area contributed by atoms with E-state index in [-0.39, 0.29) is 5.75 Å². The number of nitrogens with one attached hydrogen (secondary N) is 1. The monoisotopic (exact) mass is 175 g/mol. The van der Waals surface area contributed by atoms with Crippen LogP contribution in [0.4, 0.5) is 0 Å². The van der Waals surface area contributed by atoms with E-state index in [1.165, 1.54) is 11.8 Å². The molecule has 0 aliphatic carbocycles. The van der Waals surface area contributed by atoms with Crippen molar-refractivity contribution in [3.05, 3.63) is 11.6 Å². The summed E-state index contributed by atoms with van der Waals surface area (Å²) in [5.41, 5.74) is 1.22. The van der Waals surface area contributed by atoms with Crippen LogP contribution in [-0.4, -0.2) is 33.5 Å². The van der Waals surface area contributed by atoms with Gasteiger partial charge in [0.15, 0.2) is 9.84 Å². The fourth-order valence-corrected chi connectivity index (χ4v) is 1.57. The van der Waals surface area contributed by atoms with Gasteiger partial charge in [-0.15, -0.1) is 0 Å². The van der Waals surface area contributed by atoms with Crippen molar-refractivity contribution in [2.75, 3.05) is 25.1 Å². The van der Waals surface area contributed by atoms with Crippen LogP contribution >= 0.6 is 0 Å². The van der Waals surface area contributed by atoms with Crippen LogP contribution in [0.2, 0.25) is 0 Å². The second kappa shape index (κ2) is 3.36. The van der Waals surface area contributed by atoms with Crippen LogP contribution < -0.4 is 5.32 Å². The molecule has 0 aromatic heterocycles. The number of rotatable bonds is 2. The minimum absolute atomic E-state index is 0.185. The van der Waals surface area contributed by atoms with Gasteiger partial charge in [0.25, 0.3) is 0 Å². The highest BCUT2D eigenvalue weighted by molar-refractivity contribution is 7.90. The Kier molecular flexibility index (Phi) is 2.67. The van der Waals surface area contributed by atoms with E-state index in [2.05, 4.69) is 5.32 Å². The van der Waals surface area contributed by atoms with E-state index in [1.807, 2.05) is 6.08 Å². The number of hydrogen-bond donors (Lipinski definition) is 1. The summed E-state index contributed by atoms with van der Waals surface area (Å²) >= 11 is 0. The van der Waals surface area contributed by atoms with Crippen molar-refractivity contribution < 1.29 is 8.42 Å². The highest BCUT2D eigenvalue weighted by atomic mass is 32.2. The second-order valence-electron chi connectivity index (χ2n) is 2.88. The average molecular weight is 175 g/mol. The quantitative estimate of drug-likeness (QED) is 0.599. The van der Waals surface area contributed by atoms with E-state index in [4.69, 9.17) is 0 Å². The fraction of sp³-hybridized carbons (Fsp3) is 0.714. The lowest BCUT2D eigenvalue weighted by Gasteiger charge is -1.93. The molecule has 0 unspecified atom stereocenters. The second-order valence-corrected chi connectivity index (χ2v) is 5.07. The third-order valence-corrected chi connectivity index (χ3v) is 2.42. The van der Waals surface area contributed by atoms with E-state index >= 15 is 0 Å². The Bertz CT molecular complexity index is 246. The van der Waals surface area contributed by atoms with Gasteiger partial charge < -0.3 is 5.32 Å². The van der Waals surface area contributed by atoms with Crippen molar-refractivity contribution in [2.45, 2.75) is 6.42 Å². The van der Waals surface area contributed by atoms with Crippen molar-refractivity contribution >= 4 is 9.84 Å². The zero-order valence-corrected chi connectivity index (χ0v) is 7.45. The standard InChI is InChI=1S/C7H13NO2S/c1-11(9,10)5-3-7-2-4-8-6-7/h3,8H,2,4-6H2,1H3. The van der Waals surface area contributed by atoms with Gasteiger partial charge in [0.2, 0.25) is 0 Å². The van der Waals surface area contributed by atoms with Crippen molar-refractivity contribution in [2.24, 2.45) is 0 Å². The van der Waals surface area contributed by atoms with Crippen LogP contribution in [0.25, 0.3) is 0 Å². The maximum atomic E-state index is 10.7. The third kappa shape index (κ3) is 3.53. The molecule has 0 saturated carbocycles. The SMILES string of the molecule is CS(=O)(=O)CC=C1CCNC1. The predicted octanol–water partition coefficient (Wildman–Crippen LogP) is -0.0493. The Labute approximate surface area is 67.4 Å². The molecule has 0 bridgehead atoms. The molecule has 1 aliphatic rings. The molecule has 0 spiro atoms. The Morgan fingerprint density at radius 3 is 2.82 bits per heavy atom. The van der Waals surface area contributed by atoms with Gasteiger partial charge in [-0.25, -0.2) is 8.42 Å². The summed E-state index contributed by atoms with van der Waals surface area (Å²) in [6.45, 7) is 1.84. The van der Waals surface area contributed by atoms with Crippen molar-refractivity contribution in [1.82, 2.24) is 5.32 Å². The van der Waals surface area contributed by atoms with Crippen molar-refractivity contribution in [3.8, 4) is 0 Å². The first kappa shape index (κ1) is 8.74. The molecule has 64 valence electrons. The van der Waals surface area contributed by atoms with Gasteiger partial charge in [0, 0.05) is 12.8 Å². The maximum Gasteiger partial charge on any atom is 0.151 e. The highest BCUT2D eigenvalue weighted by Crippen LogP contribution is 2.05. The molecule has 1 N–H and O–H groups in total. The zero-order valence-electron chi connectivity index (χ0n) is 6.63. The topological polar surface area (TPSA) is 46.2 Å². The first-order chi connectivity index (χ1) is 5.08. The van der Waals surface area contributed by atoms with Gasteiger partial charge in [-0.3, -0.25) is 0 Å². The first-order valence-electron chi connectivity index (χ1n) is 3.64. The molecule has 0 amide bonds. The molecule has 0 aromatic carbocycles. The number of sulfone groups is 1. The summed E-state index contributed by atoms with van der Waals surface area (Å²) in [7, 11) is -2.82. The molecule has 0 atom stereocenters. The summed E-state index contributed by atoms with van der Waals surface area (Å²) in [4.78, 5) is 0. The fourth-order valence-electron chi connectivity index (χ4n) is 1.03. The van der Waals surface area contributed by atoms with Gasteiger partial charge in [0.05, 0.1) is 5.75 Å². The molecular formula is C7H13NO2S. The lowest BCUT2D eigenvalue weighted by Crippen LogP contribution is -2.05. The Balaban J connectivity index is 2.47. The summed E-state index contributed by atoms with van der Waals surface area (Å²) < 4.78 is 21.4. The molecular weight excluding hydrogens is 162 g/mol. The minimum Gasteiger partial charge on any atom is -0.313 e. The van der Waals surface area contributed by atoms with Crippen LogP contribution in [0.3, 0.4) is 0 Å². The molecule has 0 aromatic rings. The molecule has 0 radical (unpaired) electrons. The Morgan fingerprint density at radius 1 is 1.64 bits per heavy atom. The minimum atomic E-state index is -2.82. The van der Waals surface area contributed by atoms with E-state index in [1.54, 1.807) is 0 Å². The first-order valence-corrected chi connectivity index (χ1v) is 5.70. The van der Waals surface area contributed by atoms with Crippen LogP contribution in [0, 0.1) is 0 Å². The molecule has 1 saturated heterocycles. The summed E-state index contributed by atoms with van der Waals surface area (Å²) in [6.07, 6.45) is 4.07. The van der Waals surface area contributed by atoms with E-state index in [0.29, 0.717) is 0 Å². The number of hydrogen-bond acceptors (Lipinski definition) is 3. The normalized spacial score (nSPS) is 22.8. The van der Waals surface area contributed by atoms with Gasteiger partial charge in [-0.1, -0.05) is 11.6 Å². The smallest absolute Gasteiger partial charge is 0.151 e. The Hall–Kier alpha value is -0.350. The van der Waals surface area contributed by atoms with E-state index in [9.17, 15) is 8.42 Å². The van der Waals surface area contributed by atoms with Crippen LogP contribution in [0.15, 0.2) is 11.6 Å². The molecule has 4 heteroatoms. The molecule has 11 heavy (non-hydrogen) atoms. The Morgan fingerprint density at radius 2 is 2.36 bits per heavy atom. The molecule has 1 heterocycles. The maximum absolute atomic E-state index is 10.7. The highest BCUT2D eigenvalue weighted by Gasteiger charge is 2.06. The van der Waals surface area contributed by atoms with Crippen molar-refractivity contribution in [1.29, 1.82) is 0 Å². The van der Waals surface area contributed by atoms with Crippen molar-refractivity contribution in [3.63, 3.8) is 0 Å². The van der Waals surface area contributed by atoms with Gasteiger partial charge >= 0.3 is 0 Å². The average Bonchev–Trinajstić information content (AvgIpc) is 2.32. The summed E-state index contributed by atoms with van der Waals surface area (Å²) in [5, 5.41) is 3.15. The molecule has 1 aliphatic heterocycles. The van der Waals surface area contributed by atoms with Gasteiger partial charge in [-0.2, -0.15) is 0 Å². The van der Waals surface area contributed by atoms with Crippen LogP contribution in [0.1, 0.15) is 6.42 Å². The van der Waals surface area contributed by atoms with E-state index in [0.717, 1.165) is 19.5 Å². The predicted molar refractivity (Wildman–Crippen MR) is 45.3 cm³/mol. The molecule has 1 fully saturated rings.